The standard InChI is InChI=1S/C28H26N6O5/c29-25(36)24(35)23(15-18-7-2-1-3-8-18)34(39)28(38)22-11-6-13-30-26(22)33-14-12-20(31-33)17-32-16-19-9-4-5-10-21(19)27(32)37/h1-14,23-24,34-35H,15-17H2,(H2,29,36). The summed E-state index contributed by atoms with van der Waals surface area (Å²) in [7, 11) is 0. The Bertz CT molecular complexity index is 1520. The van der Waals surface area contributed by atoms with Crippen LogP contribution in [0.5, 0.6) is 0 Å². The molecule has 0 saturated heterocycles. The molecule has 4 N–H and O–H groups in total. The summed E-state index contributed by atoms with van der Waals surface area (Å²) in [5.41, 5.74) is 8.08. The quantitative estimate of drug-likeness (QED) is 0.266. The molecule has 0 saturated carbocycles. The van der Waals surface area contributed by atoms with Crippen molar-refractivity contribution in [2.45, 2.75) is 31.7 Å². The molecule has 5 rings (SSSR count). The minimum atomic E-state index is -1.85. The van der Waals surface area contributed by atoms with Gasteiger partial charge in [0.2, 0.25) is 0 Å². The van der Waals surface area contributed by atoms with Crippen molar-refractivity contribution >= 4 is 17.7 Å². The number of pyridine rings is 1. The smallest absolute Gasteiger partial charge is 0.348 e. The third kappa shape index (κ3) is 5.32. The summed E-state index contributed by atoms with van der Waals surface area (Å²) in [6.45, 7) is 0.716. The Hall–Kier alpha value is -4.71. The molecule has 3 atom stereocenters. The van der Waals surface area contributed by atoms with Crippen LogP contribution in [-0.4, -0.2) is 54.6 Å². The second-order valence-electron chi connectivity index (χ2n) is 9.28. The van der Waals surface area contributed by atoms with Crippen LogP contribution < -0.4 is 10.8 Å². The molecule has 2 aromatic carbocycles. The number of hydroxylamine groups is 2. The number of fused-ring (bicyclic) bond motifs is 1. The van der Waals surface area contributed by atoms with Crippen LogP contribution in [0.1, 0.15) is 37.5 Å². The van der Waals surface area contributed by atoms with Crippen molar-refractivity contribution in [3.8, 4) is 5.82 Å². The number of aromatic nitrogens is 3. The van der Waals surface area contributed by atoms with Crippen LogP contribution in [0.15, 0.2) is 85.2 Å². The summed E-state index contributed by atoms with van der Waals surface area (Å²) in [4.78, 5) is 43.9. The van der Waals surface area contributed by atoms with Crippen molar-refractivity contribution < 1.29 is 24.6 Å². The highest BCUT2D eigenvalue weighted by atomic mass is 16.5. The molecule has 39 heavy (non-hydrogen) atoms. The molecule has 198 valence electrons. The van der Waals surface area contributed by atoms with Gasteiger partial charge in [0, 0.05) is 30.9 Å². The average molecular weight is 527 g/mol. The maximum absolute atomic E-state index is 13.4. The van der Waals surface area contributed by atoms with Gasteiger partial charge in [0.1, 0.15) is 11.6 Å². The Morgan fingerprint density at radius 2 is 1.79 bits per heavy atom. The lowest BCUT2D eigenvalue weighted by molar-refractivity contribution is -0.792. The summed E-state index contributed by atoms with van der Waals surface area (Å²) in [5, 5.41) is 27.3. The molecule has 3 heterocycles. The van der Waals surface area contributed by atoms with Gasteiger partial charge < -0.3 is 20.9 Å². The van der Waals surface area contributed by atoms with E-state index in [0.29, 0.717) is 23.4 Å². The van der Waals surface area contributed by atoms with E-state index in [-0.39, 0.29) is 30.3 Å². The maximum Gasteiger partial charge on any atom is 0.348 e. The molecular formula is C28H26N6O5. The van der Waals surface area contributed by atoms with Gasteiger partial charge >= 0.3 is 5.91 Å². The third-order valence-corrected chi connectivity index (χ3v) is 6.67. The summed E-state index contributed by atoms with van der Waals surface area (Å²) in [6, 6.07) is 19.4. The lowest BCUT2D eigenvalue weighted by atomic mass is 10.00. The minimum Gasteiger partial charge on any atom is -0.626 e. The largest absolute Gasteiger partial charge is 0.626 e. The van der Waals surface area contributed by atoms with Crippen molar-refractivity contribution in [3.63, 3.8) is 0 Å². The van der Waals surface area contributed by atoms with Gasteiger partial charge in [0.05, 0.1) is 12.2 Å². The summed E-state index contributed by atoms with van der Waals surface area (Å²) in [5.74, 6) is -2.01. The van der Waals surface area contributed by atoms with Gasteiger partial charge in [-0.2, -0.15) is 5.10 Å². The Labute approximate surface area is 223 Å². The fourth-order valence-corrected chi connectivity index (χ4v) is 4.67. The van der Waals surface area contributed by atoms with E-state index in [2.05, 4.69) is 10.1 Å². The maximum atomic E-state index is 13.4. The normalized spacial score (nSPS) is 15.0. The van der Waals surface area contributed by atoms with Gasteiger partial charge in [0.25, 0.3) is 11.8 Å². The number of rotatable bonds is 9. The number of carbonyl (C=O) groups excluding carboxylic acids is 3. The lowest BCUT2D eigenvalue weighted by Crippen LogP contribution is -3.16. The summed E-state index contributed by atoms with van der Waals surface area (Å²) in [6.07, 6.45) is 1.15. The molecule has 11 heteroatoms. The van der Waals surface area contributed by atoms with E-state index in [1.165, 1.54) is 23.0 Å². The van der Waals surface area contributed by atoms with Gasteiger partial charge in [-0.3, -0.25) is 14.7 Å². The second-order valence-corrected chi connectivity index (χ2v) is 9.28. The Balaban J connectivity index is 1.38. The van der Waals surface area contributed by atoms with Crippen LogP contribution in [0.3, 0.4) is 0 Å². The molecule has 2 aromatic heterocycles. The fraction of sp³-hybridized carbons (Fsp3) is 0.179. The highest BCUT2D eigenvalue weighted by Gasteiger charge is 2.35. The fourth-order valence-electron chi connectivity index (χ4n) is 4.67. The number of carbonyl (C=O) groups is 3. The average Bonchev–Trinajstić information content (AvgIpc) is 3.55. The molecule has 0 aliphatic carbocycles. The highest BCUT2D eigenvalue weighted by Crippen LogP contribution is 2.24. The van der Waals surface area contributed by atoms with Crippen LogP contribution in [0.4, 0.5) is 0 Å². The van der Waals surface area contributed by atoms with Gasteiger partial charge in [-0.15, -0.1) is 0 Å². The molecule has 3 amide bonds. The van der Waals surface area contributed by atoms with Crippen molar-refractivity contribution in [2.75, 3.05) is 0 Å². The van der Waals surface area contributed by atoms with Crippen LogP contribution in [-0.2, 0) is 24.3 Å². The number of hydrogen-bond donors (Lipinski definition) is 3. The number of aliphatic hydroxyl groups is 1. The van der Waals surface area contributed by atoms with E-state index >= 15 is 0 Å². The number of nitrogens with zero attached hydrogens (tertiary/aromatic N) is 4. The number of hydrogen-bond acceptors (Lipinski definition) is 7. The highest BCUT2D eigenvalue weighted by molar-refractivity contribution is 5.98. The first-order chi connectivity index (χ1) is 18.8. The molecule has 1 aliphatic heterocycles. The topological polar surface area (TPSA) is 159 Å². The van der Waals surface area contributed by atoms with E-state index < -0.39 is 29.0 Å². The SMILES string of the molecule is NC(=O)C(O)C(Cc1ccccc1)[NH+]([O-])C(=O)c1cccnc1-n1ccc(CN2Cc3ccccc3C2=O)n1. The van der Waals surface area contributed by atoms with E-state index in [0.717, 1.165) is 5.56 Å². The Kier molecular flexibility index (Phi) is 7.28. The van der Waals surface area contributed by atoms with Gasteiger partial charge in [-0.25, -0.2) is 14.5 Å². The number of nitrogens with two attached hydrogens (primary N) is 1. The lowest BCUT2D eigenvalue weighted by Gasteiger charge is -2.31. The number of nitrogens with one attached hydrogen (secondary N) is 1. The van der Waals surface area contributed by atoms with Crippen molar-refractivity contribution in [3.05, 3.63) is 118 Å². The van der Waals surface area contributed by atoms with Crippen LogP contribution in [0, 0.1) is 5.21 Å². The minimum absolute atomic E-state index is 0.0449. The summed E-state index contributed by atoms with van der Waals surface area (Å²) >= 11 is 0. The molecule has 3 unspecified atom stereocenters. The van der Waals surface area contributed by atoms with E-state index in [9.17, 15) is 24.7 Å². The molecule has 0 fully saturated rings. The first-order valence-electron chi connectivity index (χ1n) is 12.3. The van der Waals surface area contributed by atoms with Crippen molar-refractivity contribution in [1.82, 2.24) is 19.7 Å². The molecular weight excluding hydrogens is 500 g/mol. The van der Waals surface area contributed by atoms with E-state index in [4.69, 9.17) is 5.73 Å². The predicted molar refractivity (Wildman–Crippen MR) is 139 cm³/mol. The zero-order valence-corrected chi connectivity index (χ0v) is 20.8. The molecule has 11 nitrogen and oxygen atoms in total. The molecule has 0 bridgehead atoms. The molecule has 0 radical (unpaired) electrons. The monoisotopic (exact) mass is 526 g/mol. The second kappa shape index (κ2) is 11.0. The van der Waals surface area contributed by atoms with Gasteiger partial charge in [-0.05, 0) is 35.4 Å². The Morgan fingerprint density at radius 1 is 1.05 bits per heavy atom. The molecule has 4 aromatic rings. The van der Waals surface area contributed by atoms with E-state index in [1.807, 2.05) is 18.2 Å². The number of benzene rings is 2. The number of quaternary nitrogens is 1. The van der Waals surface area contributed by atoms with Crippen LogP contribution in [0.2, 0.25) is 0 Å². The Morgan fingerprint density at radius 3 is 2.54 bits per heavy atom. The van der Waals surface area contributed by atoms with Crippen molar-refractivity contribution in [2.24, 2.45) is 5.73 Å². The van der Waals surface area contributed by atoms with Gasteiger partial charge in [0.15, 0.2) is 11.9 Å². The van der Waals surface area contributed by atoms with Gasteiger partial charge in [-0.1, -0.05) is 48.5 Å². The van der Waals surface area contributed by atoms with Crippen LogP contribution in [0.25, 0.3) is 5.82 Å². The van der Waals surface area contributed by atoms with E-state index in [1.54, 1.807) is 53.6 Å². The third-order valence-electron chi connectivity index (χ3n) is 6.67. The number of amides is 3. The number of aliphatic hydroxyl groups excluding tert-OH is 1. The molecule has 1 aliphatic rings. The zero-order chi connectivity index (χ0) is 27.5. The zero-order valence-electron chi connectivity index (χ0n) is 20.8. The predicted octanol–water partition coefficient (Wildman–Crippen LogP) is 0.404. The molecule has 0 spiro atoms. The number of primary amides is 1. The first-order valence-corrected chi connectivity index (χ1v) is 12.3. The summed E-state index contributed by atoms with van der Waals surface area (Å²) < 4.78 is 1.36. The van der Waals surface area contributed by atoms with Crippen molar-refractivity contribution in [1.29, 1.82) is 0 Å². The first kappa shape index (κ1) is 25.9. The van der Waals surface area contributed by atoms with Crippen LogP contribution >= 0.6 is 0 Å².